The first-order valence-electron chi connectivity index (χ1n) is 28.4. The van der Waals surface area contributed by atoms with Crippen LogP contribution in [0.25, 0.3) is 105 Å². The highest BCUT2D eigenvalue weighted by Crippen LogP contribution is 2.42. The smallest absolute Gasteiger partial charge is 0.0645 e. The Kier molecular flexibility index (Phi) is 3.81. The summed E-state index contributed by atoms with van der Waals surface area (Å²) >= 11 is 0. The van der Waals surface area contributed by atoms with Gasteiger partial charge in [0.2, 0.25) is 0 Å². The molecule has 0 radical (unpaired) electrons. The average molecular weight is 747 g/mol. The molecule has 12 rings (SSSR count). The lowest BCUT2D eigenvalue weighted by Gasteiger charge is -2.14. The summed E-state index contributed by atoms with van der Waals surface area (Å²) in [5, 5.41) is -1.93. The number of para-hydroxylation sites is 5. The third-order valence-electron chi connectivity index (χ3n) is 10.2. The van der Waals surface area contributed by atoms with Gasteiger partial charge in [-0.1, -0.05) is 139 Å². The minimum atomic E-state index is -0.882. The topological polar surface area (TPSA) is 14.8 Å². The van der Waals surface area contributed by atoms with E-state index in [1.807, 2.05) is 18.2 Å². The molecule has 3 heteroatoms. The Balaban J connectivity index is 1.29. The van der Waals surface area contributed by atoms with Crippen molar-refractivity contribution in [2.45, 2.75) is 0 Å². The molecule has 0 N–H and O–H groups in total. The van der Waals surface area contributed by atoms with E-state index in [4.69, 9.17) is 8.22 Å². The molecule has 12 aromatic rings. The molecule has 0 unspecified atom stereocenters. The summed E-state index contributed by atoms with van der Waals surface area (Å²) in [6.45, 7) is 0. The number of rotatable bonds is 5. The number of benzene rings is 9. The van der Waals surface area contributed by atoms with E-state index in [0.717, 1.165) is 4.57 Å². The summed E-state index contributed by atoms with van der Waals surface area (Å²) in [4.78, 5) is 0. The fraction of sp³-hybridized carbons (Fsp3) is 0. The second-order valence-electron chi connectivity index (χ2n) is 13.3. The third-order valence-corrected chi connectivity index (χ3v) is 10.2. The van der Waals surface area contributed by atoms with Crippen molar-refractivity contribution >= 4 is 65.4 Å². The highest BCUT2D eigenvalue weighted by atomic mass is 15.0. The first-order chi connectivity index (χ1) is 37.1. The maximum atomic E-state index is 10.1. The van der Waals surface area contributed by atoms with Gasteiger partial charge in [-0.15, -0.1) is 0 Å². The maximum Gasteiger partial charge on any atom is 0.0645 e. The van der Waals surface area contributed by atoms with Gasteiger partial charge in [-0.05, 0) is 89.3 Å². The van der Waals surface area contributed by atoms with E-state index in [-0.39, 0.29) is 49.3 Å². The van der Waals surface area contributed by atoms with Crippen LogP contribution < -0.4 is 0 Å². The van der Waals surface area contributed by atoms with Gasteiger partial charge < -0.3 is 13.7 Å². The van der Waals surface area contributed by atoms with Gasteiger partial charge in [0, 0.05) is 43.6 Å². The van der Waals surface area contributed by atoms with Crippen LogP contribution in [0.5, 0.6) is 0 Å². The summed E-state index contributed by atoms with van der Waals surface area (Å²) in [6, 6.07) is 9.13. The number of hydrogen-bond acceptors (Lipinski definition) is 0. The molecule has 3 aromatic heterocycles. The van der Waals surface area contributed by atoms with Crippen molar-refractivity contribution in [2.75, 3.05) is 0 Å². The molecule has 0 aliphatic carbocycles. The molecule has 266 valence electrons. The zero-order valence-electron chi connectivity index (χ0n) is 50.4. The zero-order valence-corrected chi connectivity index (χ0v) is 29.4. The predicted molar refractivity (Wildman–Crippen MR) is 240 cm³/mol. The molecule has 0 aliphatic heterocycles. The standard InChI is InChI=1S/C54H35N3/c1-3-16-36(17-4-1)40-20-7-11-24-46(40)56-47-25-12-8-21-41(47)44-34-37(30-32-50(44)56)38-31-33-51-45(35-38)42-22-9-13-26-48(42)57(51)53-29-15-28-52-54(53)43-23-10-14-27-49(43)55(52)39-18-5-2-6-19-39/h1-35H/i8D,9D,10D,12D,13D,14D,15D,21D,22D,23D,25D,26D,27D,28D,29D,30D,31D,32D,33D,34D,35D. The fourth-order valence-corrected chi connectivity index (χ4v) is 7.83. The van der Waals surface area contributed by atoms with Crippen LogP contribution in [0.2, 0.25) is 0 Å². The molecule has 9 aromatic carbocycles. The highest BCUT2D eigenvalue weighted by molar-refractivity contribution is 6.17. The normalized spacial score (nSPS) is 17.0. The summed E-state index contributed by atoms with van der Waals surface area (Å²) in [5.74, 6) is 0. The Morgan fingerprint density at radius 1 is 0.316 bits per heavy atom. The van der Waals surface area contributed by atoms with Crippen LogP contribution >= 0.6 is 0 Å². The molecular formula is C54H35N3. The molecule has 0 spiro atoms. The van der Waals surface area contributed by atoms with Crippen LogP contribution in [0.15, 0.2) is 212 Å². The Bertz CT molecular complexity index is 4740. The lowest BCUT2D eigenvalue weighted by Crippen LogP contribution is -1.97. The molecule has 0 saturated carbocycles. The van der Waals surface area contributed by atoms with E-state index < -0.39 is 166 Å². The van der Waals surface area contributed by atoms with Crippen LogP contribution in [-0.4, -0.2) is 13.7 Å². The molecule has 0 saturated heterocycles. The average Bonchev–Trinajstić information content (AvgIpc) is 4.04. The lowest BCUT2D eigenvalue weighted by atomic mass is 10.0. The van der Waals surface area contributed by atoms with Crippen molar-refractivity contribution in [2.24, 2.45) is 0 Å². The number of nitrogens with zero attached hydrogens (tertiary/aromatic N) is 3. The quantitative estimate of drug-likeness (QED) is 0.167. The monoisotopic (exact) mass is 746 g/mol. The number of hydrogen-bond donors (Lipinski definition) is 0. The second kappa shape index (κ2) is 12.5. The van der Waals surface area contributed by atoms with Crippen LogP contribution in [0.4, 0.5) is 0 Å². The van der Waals surface area contributed by atoms with Crippen LogP contribution in [0.3, 0.4) is 0 Å². The molecule has 57 heavy (non-hydrogen) atoms. The van der Waals surface area contributed by atoms with Crippen molar-refractivity contribution in [1.82, 2.24) is 13.7 Å². The Hall–Kier alpha value is -7.62. The molecule has 0 atom stereocenters. The first-order valence-corrected chi connectivity index (χ1v) is 17.9. The Morgan fingerprint density at radius 3 is 1.46 bits per heavy atom. The molecule has 0 amide bonds. The predicted octanol–water partition coefficient (Wildman–Crippen LogP) is 14.3. The van der Waals surface area contributed by atoms with Crippen molar-refractivity contribution < 1.29 is 28.8 Å². The fourth-order valence-electron chi connectivity index (χ4n) is 7.83. The van der Waals surface area contributed by atoms with Crippen molar-refractivity contribution in [3.63, 3.8) is 0 Å². The van der Waals surface area contributed by atoms with Gasteiger partial charge in [0.15, 0.2) is 0 Å². The van der Waals surface area contributed by atoms with Crippen molar-refractivity contribution in [3.05, 3.63) is 212 Å². The van der Waals surface area contributed by atoms with Crippen LogP contribution in [0, 0.1) is 0 Å². The van der Waals surface area contributed by atoms with Crippen LogP contribution in [-0.2, 0) is 0 Å². The van der Waals surface area contributed by atoms with Gasteiger partial charge in [0.05, 0.1) is 73.3 Å². The molecule has 3 nitrogen and oxygen atoms in total. The Labute approximate surface area is 359 Å². The highest BCUT2D eigenvalue weighted by Gasteiger charge is 2.21. The van der Waals surface area contributed by atoms with Crippen molar-refractivity contribution in [1.29, 1.82) is 0 Å². The van der Waals surface area contributed by atoms with Gasteiger partial charge in [0.25, 0.3) is 0 Å². The minimum Gasteiger partial charge on any atom is -0.309 e. The minimum absolute atomic E-state index is 0.144. The molecule has 3 heterocycles. The molecule has 0 aliphatic rings. The van der Waals surface area contributed by atoms with Gasteiger partial charge >= 0.3 is 0 Å². The summed E-state index contributed by atoms with van der Waals surface area (Å²) in [7, 11) is 0. The van der Waals surface area contributed by atoms with E-state index in [0.29, 0.717) is 16.8 Å². The number of aromatic nitrogens is 3. The molecular weight excluding hydrogens is 691 g/mol. The van der Waals surface area contributed by atoms with E-state index >= 15 is 0 Å². The maximum absolute atomic E-state index is 10.1. The van der Waals surface area contributed by atoms with Gasteiger partial charge in [0.1, 0.15) is 0 Å². The first kappa shape index (κ1) is 17.5. The summed E-state index contributed by atoms with van der Waals surface area (Å²) < 4.78 is 200. The molecule has 0 fully saturated rings. The van der Waals surface area contributed by atoms with E-state index in [2.05, 4.69) is 0 Å². The van der Waals surface area contributed by atoms with Gasteiger partial charge in [-0.3, -0.25) is 0 Å². The summed E-state index contributed by atoms with van der Waals surface area (Å²) in [5.41, 5.74) is -1.60. The summed E-state index contributed by atoms with van der Waals surface area (Å²) in [6.07, 6.45) is 0. The largest absolute Gasteiger partial charge is 0.309 e. The zero-order chi connectivity index (χ0) is 55.7. The second-order valence-corrected chi connectivity index (χ2v) is 13.3. The van der Waals surface area contributed by atoms with Gasteiger partial charge in [-0.2, -0.15) is 0 Å². The van der Waals surface area contributed by atoms with Gasteiger partial charge in [-0.25, -0.2) is 0 Å². The van der Waals surface area contributed by atoms with E-state index in [9.17, 15) is 20.6 Å². The van der Waals surface area contributed by atoms with Crippen LogP contribution in [0.1, 0.15) is 28.8 Å². The van der Waals surface area contributed by atoms with E-state index in [1.54, 1.807) is 66.7 Å². The lowest BCUT2D eigenvalue weighted by molar-refractivity contribution is 1.17. The number of fused-ring (bicyclic) bond motifs is 9. The third kappa shape index (κ3) is 4.73. The molecule has 0 bridgehead atoms. The Morgan fingerprint density at radius 2 is 0.807 bits per heavy atom. The SMILES string of the molecule is [2H]c1c([2H])c([2H])c2c(c1[2H])c1c(-n3c4c([2H])c([2H])c([2H])c([2H])c4c4c([2H])c(-c5c([2H])c([2H])c6c(c5[2H])c5c([2H])c([2H])c([2H])c([2H])c5n6-c5ccccc5-c5ccccc5)c([2H])c([2H])c43)c([2H])c([2H])c([2H])c1n2-c1ccccc1. The van der Waals surface area contributed by atoms with Crippen molar-refractivity contribution in [3.8, 4) is 39.3 Å². The van der Waals surface area contributed by atoms with E-state index in [1.165, 1.54) is 9.13 Å².